The zero-order valence-electron chi connectivity index (χ0n) is 15.6. The highest BCUT2D eigenvalue weighted by molar-refractivity contribution is 6.31. The molecule has 0 atom stereocenters. The SMILES string of the molecule is Cl.Nc1ccccc1CCC(=O)N1CCN(C(=O)Cc2ccccc2Cl)CC1. The first-order chi connectivity index (χ1) is 13.0. The van der Waals surface area contributed by atoms with Gasteiger partial charge in [0.2, 0.25) is 11.8 Å². The van der Waals surface area contributed by atoms with Crippen molar-refractivity contribution < 1.29 is 9.59 Å². The number of amides is 2. The highest BCUT2D eigenvalue weighted by atomic mass is 35.5. The van der Waals surface area contributed by atoms with E-state index >= 15 is 0 Å². The van der Waals surface area contributed by atoms with Crippen molar-refractivity contribution in [1.29, 1.82) is 0 Å². The van der Waals surface area contributed by atoms with Crippen LogP contribution in [0.15, 0.2) is 48.5 Å². The number of nitrogens with zero attached hydrogens (tertiary/aromatic N) is 2. The summed E-state index contributed by atoms with van der Waals surface area (Å²) in [6.07, 6.45) is 1.36. The number of para-hydroxylation sites is 1. The van der Waals surface area contributed by atoms with E-state index in [1.54, 1.807) is 6.07 Å². The minimum Gasteiger partial charge on any atom is -0.399 e. The molecule has 0 aliphatic carbocycles. The summed E-state index contributed by atoms with van der Waals surface area (Å²) < 4.78 is 0. The Hall–Kier alpha value is -2.24. The number of piperazine rings is 1. The standard InChI is InChI=1S/C21H24ClN3O2.ClH/c22-18-7-3-1-6-17(18)15-21(27)25-13-11-24(12-14-25)20(26)10-9-16-5-2-4-8-19(16)23;/h1-8H,9-15,23H2;1H. The van der Waals surface area contributed by atoms with Gasteiger partial charge in [-0.15, -0.1) is 12.4 Å². The van der Waals surface area contributed by atoms with Gasteiger partial charge in [0.15, 0.2) is 0 Å². The summed E-state index contributed by atoms with van der Waals surface area (Å²) in [4.78, 5) is 28.6. The van der Waals surface area contributed by atoms with E-state index in [-0.39, 0.29) is 24.2 Å². The van der Waals surface area contributed by atoms with Gasteiger partial charge < -0.3 is 15.5 Å². The molecule has 2 N–H and O–H groups in total. The lowest BCUT2D eigenvalue weighted by atomic mass is 10.1. The average molecular weight is 422 g/mol. The Morgan fingerprint density at radius 3 is 2.00 bits per heavy atom. The minimum atomic E-state index is 0. The van der Waals surface area contributed by atoms with Crippen LogP contribution in [0.5, 0.6) is 0 Å². The molecule has 0 bridgehead atoms. The van der Waals surface area contributed by atoms with Crippen LogP contribution < -0.4 is 5.73 Å². The zero-order valence-corrected chi connectivity index (χ0v) is 17.2. The molecular formula is C21H25Cl2N3O2. The molecule has 0 radical (unpaired) electrons. The van der Waals surface area contributed by atoms with Gasteiger partial charge in [-0.3, -0.25) is 9.59 Å². The second kappa shape index (κ2) is 10.3. The number of benzene rings is 2. The van der Waals surface area contributed by atoms with E-state index in [1.165, 1.54) is 0 Å². The number of rotatable bonds is 5. The van der Waals surface area contributed by atoms with Crippen LogP contribution >= 0.6 is 24.0 Å². The molecule has 0 unspecified atom stereocenters. The third-order valence-corrected chi connectivity index (χ3v) is 5.32. The van der Waals surface area contributed by atoms with E-state index in [9.17, 15) is 9.59 Å². The lowest BCUT2D eigenvalue weighted by molar-refractivity contribution is -0.139. The van der Waals surface area contributed by atoms with E-state index in [2.05, 4.69) is 0 Å². The summed E-state index contributed by atoms with van der Waals surface area (Å²) in [5.41, 5.74) is 8.49. The smallest absolute Gasteiger partial charge is 0.227 e. The number of aryl methyl sites for hydroxylation is 1. The van der Waals surface area contributed by atoms with E-state index < -0.39 is 0 Å². The predicted octanol–water partition coefficient (Wildman–Crippen LogP) is 3.19. The molecule has 28 heavy (non-hydrogen) atoms. The molecule has 2 amide bonds. The molecule has 0 spiro atoms. The second-order valence-corrected chi connectivity index (χ2v) is 7.14. The first-order valence-corrected chi connectivity index (χ1v) is 9.54. The predicted molar refractivity (Wildman–Crippen MR) is 115 cm³/mol. The lowest BCUT2D eigenvalue weighted by Gasteiger charge is -2.35. The molecule has 2 aromatic rings. The van der Waals surface area contributed by atoms with E-state index in [1.807, 2.05) is 52.3 Å². The highest BCUT2D eigenvalue weighted by Gasteiger charge is 2.24. The Balaban J connectivity index is 0.00000280. The van der Waals surface area contributed by atoms with Crippen molar-refractivity contribution in [1.82, 2.24) is 9.80 Å². The van der Waals surface area contributed by atoms with E-state index in [0.29, 0.717) is 50.5 Å². The normalized spacial score (nSPS) is 13.8. The van der Waals surface area contributed by atoms with Crippen LogP contribution in [0.3, 0.4) is 0 Å². The zero-order chi connectivity index (χ0) is 19.2. The summed E-state index contributed by atoms with van der Waals surface area (Å²) in [7, 11) is 0. The average Bonchev–Trinajstić information content (AvgIpc) is 2.69. The third-order valence-electron chi connectivity index (χ3n) is 4.95. The maximum absolute atomic E-state index is 12.5. The first kappa shape index (κ1) is 22.1. The maximum Gasteiger partial charge on any atom is 0.227 e. The fraction of sp³-hybridized carbons (Fsp3) is 0.333. The van der Waals surface area contributed by atoms with Crippen molar-refractivity contribution in [3.05, 3.63) is 64.7 Å². The van der Waals surface area contributed by atoms with E-state index in [4.69, 9.17) is 17.3 Å². The summed E-state index contributed by atoms with van der Waals surface area (Å²) in [5.74, 6) is 0.156. The second-order valence-electron chi connectivity index (χ2n) is 6.73. The summed E-state index contributed by atoms with van der Waals surface area (Å²) >= 11 is 6.14. The fourth-order valence-corrected chi connectivity index (χ4v) is 3.49. The Morgan fingerprint density at radius 1 is 0.857 bits per heavy atom. The highest BCUT2D eigenvalue weighted by Crippen LogP contribution is 2.17. The molecule has 150 valence electrons. The molecule has 2 aromatic carbocycles. The number of nitrogens with two attached hydrogens (primary N) is 1. The number of hydrogen-bond acceptors (Lipinski definition) is 3. The van der Waals surface area contributed by atoms with Gasteiger partial charge in [-0.25, -0.2) is 0 Å². The van der Waals surface area contributed by atoms with Crippen LogP contribution in [0.1, 0.15) is 17.5 Å². The van der Waals surface area contributed by atoms with Gasteiger partial charge in [-0.2, -0.15) is 0 Å². The quantitative estimate of drug-likeness (QED) is 0.753. The third kappa shape index (κ3) is 5.63. The Bertz CT molecular complexity index is 821. The number of carbonyl (C=O) groups is 2. The minimum absolute atomic E-state index is 0. The van der Waals surface area contributed by atoms with Crippen LogP contribution in [0, 0.1) is 0 Å². The number of halogens is 2. The molecule has 1 saturated heterocycles. The summed E-state index contributed by atoms with van der Waals surface area (Å²) in [6, 6.07) is 15.0. The van der Waals surface area contributed by atoms with Crippen molar-refractivity contribution >= 4 is 41.5 Å². The Labute approximate surface area is 176 Å². The van der Waals surface area contributed by atoms with Crippen molar-refractivity contribution in [3.8, 4) is 0 Å². The monoisotopic (exact) mass is 421 g/mol. The van der Waals surface area contributed by atoms with Crippen LogP contribution in [-0.4, -0.2) is 47.8 Å². The number of hydrogen-bond donors (Lipinski definition) is 1. The van der Waals surface area contributed by atoms with Gasteiger partial charge in [0.05, 0.1) is 6.42 Å². The first-order valence-electron chi connectivity index (χ1n) is 9.17. The van der Waals surface area contributed by atoms with Crippen molar-refractivity contribution in [2.45, 2.75) is 19.3 Å². The maximum atomic E-state index is 12.5. The van der Waals surface area contributed by atoms with Crippen LogP contribution in [0.4, 0.5) is 5.69 Å². The molecule has 3 rings (SSSR count). The number of anilines is 1. The molecular weight excluding hydrogens is 397 g/mol. The van der Waals surface area contributed by atoms with Crippen LogP contribution in [-0.2, 0) is 22.4 Å². The number of carbonyl (C=O) groups excluding carboxylic acids is 2. The summed E-state index contributed by atoms with van der Waals surface area (Å²) in [6.45, 7) is 2.25. The molecule has 0 saturated carbocycles. The van der Waals surface area contributed by atoms with E-state index in [0.717, 1.165) is 16.8 Å². The van der Waals surface area contributed by atoms with Gasteiger partial charge >= 0.3 is 0 Å². The number of nitrogen functional groups attached to an aromatic ring is 1. The van der Waals surface area contributed by atoms with Gasteiger partial charge in [0.1, 0.15) is 0 Å². The van der Waals surface area contributed by atoms with Gasteiger partial charge in [-0.1, -0.05) is 48.0 Å². The summed E-state index contributed by atoms with van der Waals surface area (Å²) in [5, 5.41) is 0.611. The Morgan fingerprint density at radius 2 is 1.39 bits per heavy atom. The molecule has 1 fully saturated rings. The van der Waals surface area contributed by atoms with Crippen LogP contribution in [0.25, 0.3) is 0 Å². The van der Waals surface area contributed by atoms with Gasteiger partial charge in [0.25, 0.3) is 0 Å². The molecule has 1 aliphatic rings. The van der Waals surface area contributed by atoms with Crippen molar-refractivity contribution in [2.24, 2.45) is 0 Å². The van der Waals surface area contributed by atoms with Crippen molar-refractivity contribution in [3.63, 3.8) is 0 Å². The lowest BCUT2D eigenvalue weighted by Crippen LogP contribution is -2.51. The molecule has 7 heteroatoms. The van der Waals surface area contributed by atoms with Gasteiger partial charge in [-0.05, 0) is 29.7 Å². The molecule has 1 aliphatic heterocycles. The fourth-order valence-electron chi connectivity index (χ4n) is 3.28. The molecule has 5 nitrogen and oxygen atoms in total. The van der Waals surface area contributed by atoms with Gasteiger partial charge in [0, 0.05) is 43.3 Å². The molecule has 0 aromatic heterocycles. The van der Waals surface area contributed by atoms with Crippen LogP contribution in [0.2, 0.25) is 5.02 Å². The topological polar surface area (TPSA) is 66.6 Å². The Kier molecular flexibility index (Phi) is 8.15. The molecule has 1 heterocycles. The van der Waals surface area contributed by atoms with Crippen molar-refractivity contribution in [2.75, 3.05) is 31.9 Å². The largest absolute Gasteiger partial charge is 0.399 e.